The zero-order chi connectivity index (χ0) is 10.1. The summed E-state index contributed by atoms with van der Waals surface area (Å²) in [5, 5.41) is 16.2. The van der Waals surface area contributed by atoms with Gasteiger partial charge in [0.2, 0.25) is 0 Å². The molecule has 2 rings (SSSR count). The third-order valence-electron chi connectivity index (χ3n) is 1.91. The summed E-state index contributed by atoms with van der Waals surface area (Å²) in [5.74, 6) is 0.746. The number of benzene rings is 1. The minimum atomic E-state index is 0.197. The number of phenolic OH excluding ortho intramolecular Hbond substituents is 1. The summed E-state index contributed by atoms with van der Waals surface area (Å²) in [6.07, 6.45) is 0. The van der Waals surface area contributed by atoms with Crippen molar-refractivity contribution in [1.82, 2.24) is 15.2 Å². The van der Waals surface area contributed by atoms with Crippen LogP contribution < -0.4 is 0 Å². The lowest BCUT2D eigenvalue weighted by Crippen LogP contribution is -1.82. The number of phenols is 1. The van der Waals surface area contributed by atoms with Crippen LogP contribution in [0.15, 0.2) is 18.2 Å². The first-order valence-corrected chi connectivity index (χ1v) is 4.52. The molecule has 0 fully saturated rings. The van der Waals surface area contributed by atoms with E-state index >= 15 is 0 Å². The summed E-state index contributed by atoms with van der Waals surface area (Å²) >= 11 is 4.85. The fourth-order valence-corrected chi connectivity index (χ4v) is 1.38. The lowest BCUT2D eigenvalue weighted by molar-refractivity contribution is 0.476. The van der Waals surface area contributed by atoms with Gasteiger partial charge in [0.05, 0.1) is 5.56 Å². The van der Waals surface area contributed by atoms with Crippen molar-refractivity contribution in [3.63, 3.8) is 0 Å². The Morgan fingerprint density at radius 3 is 2.79 bits per heavy atom. The summed E-state index contributed by atoms with van der Waals surface area (Å²) in [5.41, 5.74) is 1.64. The van der Waals surface area contributed by atoms with Crippen molar-refractivity contribution in [2.45, 2.75) is 6.92 Å². The number of H-pyrrole nitrogens is 2. The summed E-state index contributed by atoms with van der Waals surface area (Å²) in [4.78, 5) is 2.84. The second kappa shape index (κ2) is 3.26. The van der Waals surface area contributed by atoms with Crippen LogP contribution >= 0.6 is 12.2 Å². The molecule has 0 unspecified atom stereocenters. The van der Waals surface area contributed by atoms with Crippen molar-refractivity contribution in [3.05, 3.63) is 28.5 Å². The van der Waals surface area contributed by atoms with E-state index in [-0.39, 0.29) is 5.75 Å². The van der Waals surface area contributed by atoms with Crippen LogP contribution in [0.3, 0.4) is 0 Å². The standard InChI is InChI=1S/C9H9N3OS/c1-5-2-3-6(7(13)4-5)8-10-9(14)12-11-8/h2-4,13H,1H3,(H2,10,11,12,14). The lowest BCUT2D eigenvalue weighted by atomic mass is 10.1. The highest BCUT2D eigenvalue weighted by atomic mass is 32.1. The van der Waals surface area contributed by atoms with Gasteiger partial charge in [-0.2, -0.15) is 5.10 Å². The van der Waals surface area contributed by atoms with Crippen molar-refractivity contribution >= 4 is 12.2 Å². The Kier molecular flexibility index (Phi) is 2.09. The minimum absolute atomic E-state index is 0.197. The van der Waals surface area contributed by atoms with Gasteiger partial charge in [-0.1, -0.05) is 6.07 Å². The number of rotatable bonds is 1. The Bertz CT molecular complexity index is 515. The van der Waals surface area contributed by atoms with E-state index in [1.807, 2.05) is 13.0 Å². The topological polar surface area (TPSA) is 64.7 Å². The molecule has 0 spiro atoms. The molecule has 0 aliphatic rings. The summed E-state index contributed by atoms with van der Waals surface area (Å²) in [6.45, 7) is 1.91. The molecule has 0 aliphatic carbocycles. The third-order valence-corrected chi connectivity index (χ3v) is 2.10. The number of aromatic hydroxyl groups is 1. The first-order valence-electron chi connectivity index (χ1n) is 4.11. The Morgan fingerprint density at radius 1 is 1.43 bits per heavy atom. The van der Waals surface area contributed by atoms with Gasteiger partial charge in [-0.15, -0.1) is 0 Å². The zero-order valence-electron chi connectivity index (χ0n) is 7.53. The summed E-state index contributed by atoms with van der Waals surface area (Å²) in [6, 6.07) is 5.38. The third kappa shape index (κ3) is 1.54. The Balaban J connectivity index is 2.57. The van der Waals surface area contributed by atoms with Gasteiger partial charge in [0.15, 0.2) is 10.6 Å². The lowest BCUT2D eigenvalue weighted by Gasteiger charge is -2.00. The number of aromatic nitrogens is 3. The molecule has 0 radical (unpaired) electrons. The van der Waals surface area contributed by atoms with Crippen LogP contribution in [0.5, 0.6) is 5.75 Å². The molecule has 0 aliphatic heterocycles. The normalized spacial score (nSPS) is 10.4. The number of nitrogens with zero attached hydrogens (tertiary/aromatic N) is 1. The first-order chi connectivity index (χ1) is 6.66. The van der Waals surface area contributed by atoms with Crippen molar-refractivity contribution in [2.24, 2.45) is 0 Å². The maximum Gasteiger partial charge on any atom is 0.192 e. The first kappa shape index (κ1) is 8.96. The van der Waals surface area contributed by atoms with Gasteiger partial charge in [-0.3, -0.25) is 5.10 Å². The van der Waals surface area contributed by atoms with E-state index in [4.69, 9.17) is 12.2 Å². The molecule has 72 valence electrons. The van der Waals surface area contributed by atoms with Crippen LogP contribution in [0.25, 0.3) is 11.4 Å². The van der Waals surface area contributed by atoms with Gasteiger partial charge in [0, 0.05) is 0 Å². The Hall–Kier alpha value is -1.62. The van der Waals surface area contributed by atoms with Gasteiger partial charge < -0.3 is 10.1 Å². The van der Waals surface area contributed by atoms with E-state index in [9.17, 15) is 5.11 Å². The van der Waals surface area contributed by atoms with Crippen LogP contribution in [-0.2, 0) is 0 Å². The van der Waals surface area contributed by atoms with E-state index in [2.05, 4.69) is 15.2 Å². The predicted octanol–water partition coefficient (Wildman–Crippen LogP) is 2.15. The average molecular weight is 207 g/mol. The van der Waals surface area contributed by atoms with Gasteiger partial charge in [0.1, 0.15) is 5.75 Å². The summed E-state index contributed by atoms with van der Waals surface area (Å²) in [7, 11) is 0. The highest BCUT2D eigenvalue weighted by Gasteiger charge is 2.06. The fourth-order valence-electron chi connectivity index (χ4n) is 1.24. The zero-order valence-corrected chi connectivity index (χ0v) is 8.35. The van der Waals surface area contributed by atoms with Gasteiger partial charge in [0.25, 0.3) is 0 Å². The van der Waals surface area contributed by atoms with E-state index in [0.717, 1.165) is 5.56 Å². The molecule has 0 bridgehead atoms. The monoisotopic (exact) mass is 207 g/mol. The van der Waals surface area contributed by atoms with Crippen LogP contribution in [0.1, 0.15) is 5.56 Å². The largest absolute Gasteiger partial charge is 0.507 e. The molecule has 0 saturated heterocycles. The molecule has 4 nitrogen and oxygen atoms in total. The number of hydrogen-bond acceptors (Lipinski definition) is 3. The maximum absolute atomic E-state index is 9.65. The molecule has 0 atom stereocenters. The number of hydrogen-bond donors (Lipinski definition) is 3. The quantitative estimate of drug-likeness (QED) is 0.628. The van der Waals surface area contributed by atoms with E-state index < -0.39 is 0 Å². The van der Waals surface area contributed by atoms with Crippen LogP contribution in [0.2, 0.25) is 0 Å². The van der Waals surface area contributed by atoms with Crippen molar-refractivity contribution in [3.8, 4) is 17.1 Å². The number of aryl methyl sites for hydroxylation is 1. The highest BCUT2D eigenvalue weighted by molar-refractivity contribution is 7.71. The minimum Gasteiger partial charge on any atom is -0.507 e. The number of aromatic amines is 2. The molecular formula is C9H9N3OS. The summed E-state index contributed by atoms with van der Waals surface area (Å²) < 4.78 is 0.444. The fraction of sp³-hybridized carbons (Fsp3) is 0.111. The molecule has 0 amide bonds. The average Bonchev–Trinajstić information content (AvgIpc) is 2.51. The van der Waals surface area contributed by atoms with Crippen molar-refractivity contribution in [2.75, 3.05) is 0 Å². The Morgan fingerprint density at radius 2 is 2.21 bits per heavy atom. The van der Waals surface area contributed by atoms with Crippen LogP contribution in [0.4, 0.5) is 0 Å². The number of nitrogens with one attached hydrogen (secondary N) is 2. The van der Waals surface area contributed by atoms with Crippen molar-refractivity contribution in [1.29, 1.82) is 0 Å². The van der Waals surface area contributed by atoms with Crippen molar-refractivity contribution < 1.29 is 5.11 Å². The molecule has 2 aromatic rings. The molecule has 1 aromatic carbocycles. The van der Waals surface area contributed by atoms with Crippen LogP contribution in [-0.4, -0.2) is 20.3 Å². The molecule has 14 heavy (non-hydrogen) atoms. The Labute approximate surface area is 85.6 Å². The second-order valence-electron chi connectivity index (χ2n) is 3.05. The van der Waals surface area contributed by atoms with E-state index in [0.29, 0.717) is 16.2 Å². The molecule has 5 heteroatoms. The highest BCUT2D eigenvalue weighted by Crippen LogP contribution is 2.26. The smallest absolute Gasteiger partial charge is 0.192 e. The SMILES string of the molecule is Cc1ccc(-c2n[nH]c(=S)[nH]2)c(O)c1. The molecule has 3 N–H and O–H groups in total. The molecule has 1 aromatic heterocycles. The van der Waals surface area contributed by atoms with Gasteiger partial charge in [-0.05, 0) is 36.8 Å². The predicted molar refractivity (Wildman–Crippen MR) is 55.6 cm³/mol. The molecular weight excluding hydrogens is 198 g/mol. The second-order valence-corrected chi connectivity index (χ2v) is 3.46. The molecule has 0 saturated carbocycles. The molecule has 1 heterocycles. The maximum atomic E-state index is 9.65. The van der Waals surface area contributed by atoms with Crippen LogP contribution in [0, 0.1) is 11.7 Å². The van der Waals surface area contributed by atoms with E-state index in [1.54, 1.807) is 12.1 Å². The van der Waals surface area contributed by atoms with E-state index in [1.165, 1.54) is 0 Å². The van der Waals surface area contributed by atoms with Gasteiger partial charge >= 0.3 is 0 Å². The van der Waals surface area contributed by atoms with Gasteiger partial charge in [-0.25, -0.2) is 0 Å².